The Labute approximate surface area is 116 Å². The van der Waals surface area contributed by atoms with Gasteiger partial charge in [-0.25, -0.2) is 0 Å². The third-order valence-corrected chi connectivity index (χ3v) is 3.81. The molecule has 1 heterocycles. The summed E-state index contributed by atoms with van der Waals surface area (Å²) in [6.45, 7) is 7.87. The van der Waals surface area contributed by atoms with Gasteiger partial charge in [0.05, 0.1) is 0 Å². The van der Waals surface area contributed by atoms with Crippen molar-refractivity contribution in [1.29, 1.82) is 0 Å². The predicted octanol–water partition coefficient (Wildman–Crippen LogP) is 2.33. The van der Waals surface area contributed by atoms with Gasteiger partial charge in [0.15, 0.2) is 0 Å². The molecule has 110 valence electrons. The van der Waals surface area contributed by atoms with Crippen molar-refractivity contribution in [3.8, 4) is 0 Å². The van der Waals surface area contributed by atoms with E-state index in [2.05, 4.69) is 12.2 Å². The average Bonchev–Trinajstić information content (AvgIpc) is 2.43. The van der Waals surface area contributed by atoms with E-state index in [1.54, 1.807) is 13.8 Å². The third-order valence-electron chi connectivity index (χ3n) is 3.81. The highest BCUT2D eigenvalue weighted by atomic mass is 16.2. The summed E-state index contributed by atoms with van der Waals surface area (Å²) < 4.78 is 0. The first kappa shape index (κ1) is 16.0. The molecule has 1 N–H and O–H groups in total. The highest BCUT2D eigenvalue weighted by Crippen LogP contribution is 2.22. The van der Waals surface area contributed by atoms with Crippen LogP contribution in [0.4, 0.5) is 0 Å². The van der Waals surface area contributed by atoms with Crippen LogP contribution >= 0.6 is 0 Å². The number of carbonyl (C=O) groups is 2. The van der Waals surface area contributed by atoms with Crippen LogP contribution in [0.15, 0.2) is 0 Å². The summed E-state index contributed by atoms with van der Waals surface area (Å²) in [7, 11) is 0. The van der Waals surface area contributed by atoms with Crippen LogP contribution in [0.3, 0.4) is 0 Å². The number of likely N-dealkylation sites (tertiary alicyclic amines) is 1. The maximum absolute atomic E-state index is 12.4. The van der Waals surface area contributed by atoms with Gasteiger partial charge in [-0.05, 0) is 39.5 Å². The molecule has 0 aromatic heterocycles. The van der Waals surface area contributed by atoms with E-state index in [-0.39, 0.29) is 11.8 Å². The van der Waals surface area contributed by atoms with Crippen molar-refractivity contribution >= 4 is 11.8 Å². The number of rotatable bonds is 6. The van der Waals surface area contributed by atoms with Gasteiger partial charge < -0.3 is 10.2 Å². The molecule has 19 heavy (non-hydrogen) atoms. The second-order valence-corrected chi connectivity index (χ2v) is 5.94. The normalized spacial score (nSPS) is 16.3. The molecule has 4 nitrogen and oxygen atoms in total. The Morgan fingerprint density at radius 1 is 1.11 bits per heavy atom. The van der Waals surface area contributed by atoms with Gasteiger partial charge in [0.1, 0.15) is 5.41 Å². The lowest BCUT2D eigenvalue weighted by atomic mass is 9.89. The Bertz CT molecular complexity index is 307. The summed E-state index contributed by atoms with van der Waals surface area (Å²) in [6, 6.07) is 0. The van der Waals surface area contributed by atoms with Gasteiger partial charge in [-0.15, -0.1) is 0 Å². The van der Waals surface area contributed by atoms with Crippen LogP contribution in [-0.4, -0.2) is 36.3 Å². The number of piperidine rings is 1. The quantitative estimate of drug-likeness (QED) is 0.594. The molecule has 1 rings (SSSR count). The molecule has 2 amide bonds. The van der Waals surface area contributed by atoms with Crippen LogP contribution in [0.1, 0.15) is 59.3 Å². The Morgan fingerprint density at radius 2 is 1.74 bits per heavy atom. The number of nitrogens with one attached hydrogen (secondary N) is 1. The Balaban J connectivity index is 2.47. The maximum Gasteiger partial charge on any atom is 0.237 e. The van der Waals surface area contributed by atoms with E-state index in [1.165, 1.54) is 6.42 Å². The first-order valence-corrected chi connectivity index (χ1v) is 7.57. The number of hydrogen-bond donors (Lipinski definition) is 1. The van der Waals surface area contributed by atoms with Crippen LogP contribution in [0, 0.1) is 5.41 Å². The van der Waals surface area contributed by atoms with Gasteiger partial charge in [-0.3, -0.25) is 9.59 Å². The van der Waals surface area contributed by atoms with E-state index >= 15 is 0 Å². The van der Waals surface area contributed by atoms with Crippen LogP contribution in [0.5, 0.6) is 0 Å². The molecule has 0 atom stereocenters. The summed E-state index contributed by atoms with van der Waals surface area (Å²) in [5.41, 5.74) is -0.941. The lowest BCUT2D eigenvalue weighted by Gasteiger charge is -2.33. The van der Waals surface area contributed by atoms with Gasteiger partial charge in [-0.2, -0.15) is 0 Å². The van der Waals surface area contributed by atoms with Crippen LogP contribution in [-0.2, 0) is 9.59 Å². The topological polar surface area (TPSA) is 49.4 Å². The molecule has 0 unspecified atom stereocenters. The fourth-order valence-corrected chi connectivity index (χ4v) is 2.39. The fraction of sp³-hybridized carbons (Fsp3) is 0.867. The van der Waals surface area contributed by atoms with E-state index in [9.17, 15) is 9.59 Å². The summed E-state index contributed by atoms with van der Waals surface area (Å²) in [4.78, 5) is 26.4. The van der Waals surface area contributed by atoms with Crippen LogP contribution < -0.4 is 5.32 Å². The molecule has 0 spiro atoms. The molecule has 0 saturated carbocycles. The number of hydrogen-bond acceptors (Lipinski definition) is 2. The first-order chi connectivity index (χ1) is 9.00. The second-order valence-electron chi connectivity index (χ2n) is 5.94. The fourth-order valence-electron chi connectivity index (χ4n) is 2.39. The molecule has 0 aromatic rings. The zero-order valence-corrected chi connectivity index (χ0v) is 12.6. The molecule has 0 aliphatic carbocycles. The van der Waals surface area contributed by atoms with E-state index in [0.29, 0.717) is 6.54 Å². The lowest BCUT2D eigenvalue weighted by molar-refractivity contribution is -0.149. The molecule has 0 aromatic carbocycles. The molecule has 1 aliphatic heterocycles. The first-order valence-electron chi connectivity index (χ1n) is 7.57. The van der Waals surface area contributed by atoms with Gasteiger partial charge >= 0.3 is 0 Å². The average molecular weight is 268 g/mol. The number of carbonyl (C=O) groups excluding carboxylic acids is 2. The minimum atomic E-state index is -0.941. The molecule has 1 aliphatic rings. The summed E-state index contributed by atoms with van der Waals surface area (Å²) in [6.07, 6.45) is 6.52. The highest BCUT2D eigenvalue weighted by Gasteiger charge is 2.39. The Morgan fingerprint density at radius 3 is 2.32 bits per heavy atom. The van der Waals surface area contributed by atoms with Gasteiger partial charge in [-0.1, -0.05) is 19.8 Å². The van der Waals surface area contributed by atoms with Crippen LogP contribution in [0.2, 0.25) is 0 Å². The zero-order chi connectivity index (χ0) is 14.3. The van der Waals surface area contributed by atoms with Crippen molar-refractivity contribution in [1.82, 2.24) is 10.2 Å². The Kier molecular flexibility index (Phi) is 6.32. The lowest BCUT2D eigenvalue weighted by Crippen LogP contribution is -2.51. The third kappa shape index (κ3) is 4.51. The van der Waals surface area contributed by atoms with E-state index in [1.807, 2.05) is 4.90 Å². The number of unbranched alkanes of at least 4 members (excludes halogenated alkanes) is 2. The second kappa shape index (κ2) is 7.51. The van der Waals surface area contributed by atoms with Crippen molar-refractivity contribution < 1.29 is 9.59 Å². The van der Waals surface area contributed by atoms with E-state index in [0.717, 1.165) is 45.2 Å². The molecule has 1 saturated heterocycles. The largest absolute Gasteiger partial charge is 0.355 e. The smallest absolute Gasteiger partial charge is 0.237 e. The number of nitrogens with zero attached hydrogens (tertiary/aromatic N) is 1. The monoisotopic (exact) mass is 268 g/mol. The summed E-state index contributed by atoms with van der Waals surface area (Å²) in [5, 5.41) is 2.89. The van der Waals surface area contributed by atoms with Crippen molar-refractivity contribution in [3.63, 3.8) is 0 Å². The van der Waals surface area contributed by atoms with Gasteiger partial charge in [0, 0.05) is 19.6 Å². The standard InChI is InChI=1S/C15H28N2O2/c1-4-5-7-10-16-13(18)15(2,3)14(19)17-11-8-6-9-12-17/h4-12H2,1-3H3,(H,16,18). The summed E-state index contributed by atoms with van der Waals surface area (Å²) in [5.74, 6) is -0.167. The van der Waals surface area contributed by atoms with Gasteiger partial charge in [0.25, 0.3) is 0 Å². The van der Waals surface area contributed by atoms with Crippen molar-refractivity contribution in [2.24, 2.45) is 5.41 Å². The highest BCUT2D eigenvalue weighted by molar-refractivity contribution is 6.04. The minimum Gasteiger partial charge on any atom is -0.355 e. The minimum absolute atomic E-state index is 0.0276. The molecule has 0 bridgehead atoms. The molecule has 4 heteroatoms. The maximum atomic E-state index is 12.4. The Hall–Kier alpha value is -1.06. The van der Waals surface area contributed by atoms with Crippen molar-refractivity contribution in [2.45, 2.75) is 59.3 Å². The van der Waals surface area contributed by atoms with Gasteiger partial charge in [0.2, 0.25) is 11.8 Å². The van der Waals surface area contributed by atoms with E-state index < -0.39 is 5.41 Å². The molecular weight excluding hydrogens is 240 g/mol. The zero-order valence-electron chi connectivity index (χ0n) is 12.6. The van der Waals surface area contributed by atoms with Crippen molar-refractivity contribution in [2.75, 3.05) is 19.6 Å². The predicted molar refractivity (Wildman–Crippen MR) is 76.7 cm³/mol. The molecular formula is C15H28N2O2. The van der Waals surface area contributed by atoms with E-state index in [4.69, 9.17) is 0 Å². The summed E-state index contributed by atoms with van der Waals surface area (Å²) >= 11 is 0. The van der Waals surface area contributed by atoms with Crippen molar-refractivity contribution in [3.05, 3.63) is 0 Å². The SMILES string of the molecule is CCCCCNC(=O)C(C)(C)C(=O)N1CCCCC1. The molecule has 1 fully saturated rings. The number of amides is 2. The molecule has 0 radical (unpaired) electrons. The van der Waals surface area contributed by atoms with Crippen LogP contribution in [0.25, 0.3) is 0 Å².